The number of benzene rings is 1. The third-order valence-corrected chi connectivity index (χ3v) is 5.74. The molecule has 5 nitrogen and oxygen atoms in total. The summed E-state index contributed by atoms with van der Waals surface area (Å²) < 4.78 is 3.52. The molecule has 0 amide bonds. The van der Waals surface area contributed by atoms with Gasteiger partial charge in [0, 0.05) is 19.0 Å². The van der Waals surface area contributed by atoms with E-state index in [2.05, 4.69) is 13.8 Å². The molecule has 0 saturated heterocycles. The van der Waals surface area contributed by atoms with Crippen LogP contribution >= 0.6 is 11.3 Å². The maximum atomic E-state index is 13.4. The van der Waals surface area contributed by atoms with Crippen LogP contribution < -0.4 is 11.0 Å². The van der Waals surface area contributed by atoms with Crippen LogP contribution in [-0.4, -0.2) is 14.1 Å². The van der Waals surface area contributed by atoms with Crippen LogP contribution in [-0.2, 0) is 13.6 Å². The van der Waals surface area contributed by atoms with Gasteiger partial charge in [-0.3, -0.25) is 14.2 Å². The Kier molecular flexibility index (Phi) is 4.44. The van der Waals surface area contributed by atoms with E-state index in [1.807, 2.05) is 47.3 Å². The molecule has 3 heterocycles. The summed E-state index contributed by atoms with van der Waals surface area (Å²) in [5.41, 5.74) is 0.717. The number of nitrogens with zero attached hydrogens (tertiary/aromatic N) is 3. The molecule has 3 aromatic heterocycles. The standard InChI is InChI=1S/C21H21N3O2S/c1-13(2)10-11-24-19(16-9-6-12-27-16)22-20-17(21(24)26)18(25)14-7-4-5-8-15(14)23(20)3/h4-9,12-13H,10-11H2,1-3H3. The summed E-state index contributed by atoms with van der Waals surface area (Å²) in [5.74, 6) is 1.08. The summed E-state index contributed by atoms with van der Waals surface area (Å²) in [6.07, 6.45) is 0.847. The van der Waals surface area contributed by atoms with Crippen molar-refractivity contribution in [3.8, 4) is 10.7 Å². The second-order valence-corrected chi connectivity index (χ2v) is 8.10. The SMILES string of the molecule is CC(C)CCn1c(-c2cccs2)nc2c(c(=O)c3ccccc3n2C)c1=O. The maximum absolute atomic E-state index is 13.4. The van der Waals surface area contributed by atoms with Crippen molar-refractivity contribution in [3.05, 3.63) is 62.4 Å². The lowest BCUT2D eigenvalue weighted by Crippen LogP contribution is -2.29. The molecule has 0 aliphatic heterocycles. The molecule has 27 heavy (non-hydrogen) atoms. The molecule has 6 heteroatoms. The largest absolute Gasteiger partial charge is 0.328 e. The Morgan fingerprint density at radius 2 is 1.89 bits per heavy atom. The first-order valence-electron chi connectivity index (χ1n) is 9.05. The summed E-state index contributed by atoms with van der Waals surface area (Å²) in [6, 6.07) is 11.3. The predicted molar refractivity (Wildman–Crippen MR) is 112 cm³/mol. The van der Waals surface area contributed by atoms with Crippen molar-refractivity contribution in [3.63, 3.8) is 0 Å². The van der Waals surface area contributed by atoms with Crippen molar-refractivity contribution in [1.82, 2.24) is 14.1 Å². The van der Waals surface area contributed by atoms with Gasteiger partial charge in [-0.1, -0.05) is 32.0 Å². The molecule has 0 aliphatic carbocycles. The lowest BCUT2D eigenvalue weighted by Gasteiger charge is -2.16. The molecule has 0 saturated carbocycles. The van der Waals surface area contributed by atoms with Crippen LogP contribution in [0.4, 0.5) is 0 Å². The van der Waals surface area contributed by atoms with E-state index in [4.69, 9.17) is 4.98 Å². The highest BCUT2D eigenvalue weighted by Crippen LogP contribution is 2.24. The highest BCUT2D eigenvalue weighted by atomic mass is 32.1. The fourth-order valence-electron chi connectivity index (χ4n) is 3.38. The number of aromatic nitrogens is 3. The Morgan fingerprint density at radius 3 is 2.59 bits per heavy atom. The quantitative estimate of drug-likeness (QED) is 0.503. The normalized spacial score (nSPS) is 11.7. The summed E-state index contributed by atoms with van der Waals surface area (Å²) in [7, 11) is 1.85. The molecule has 0 spiro atoms. The van der Waals surface area contributed by atoms with Gasteiger partial charge < -0.3 is 4.57 Å². The van der Waals surface area contributed by atoms with Crippen LogP contribution in [0.1, 0.15) is 20.3 Å². The maximum Gasteiger partial charge on any atom is 0.267 e. The Balaban J connectivity index is 2.14. The molecule has 0 atom stereocenters. The molecule has 138 valence electrons. The highest BCUT2D eigenvalue weighted by Gasteiger charge is 2.19. The number of pyridine rings is 1. The average Bonchev–Trinajstić information content (AvgIpc) is 3.19. The monoisotopic (exact) mass is 379 g/mol. The van der Waals surface area contributed by atoms with Crippen LogP contribution in [0.5, 0.6) is 0 Å². The van der Waals surface area contributed by atoms with E-state index in [1.165, 1.54) is 0 Å². The number of aryl methyl sites for hydroxylation is 1. The van der Waals surface area contributed by atoms with Crippen molar-refractivity contribution in [2.75, 3.05) is 0 Å². The van der Waals surface area contributed by atoms with E-state index >= 15 is 0 Å². The lowest BCUT2D eigenvalue weighted by molar-refractivity contribution is 0.509. The highest BCUT2D eigenvalue weighted by molar-refractivity contribution is 7.13. The number of rotatable bonds is 4. The third kappa shape index (κ3) is 2.90. The number of hydrogen-bond acceptors (Lipinski definition) is 4. The number of hydrogen-bond donors (Lipinski definition) is 0. The van der Waals surface area contributed by atoms with Crippen LogP contribution in [0.25, 0.3) is 32.6 Å². The minimum atomic E-state index is -0.254. The number of para-hydroxylation sites is 1. The van der Waals surface area contributed by atoms with Crippen LogP contribution in [0, 0.1) is 5.92 Å². The van der Waals surface area contributed by atoms with E-state index in [1.54, 1.807) is 22.0 Å². The second kappa shape index (κ2) is 6.78. The molecule has 1 aromatic carbocycles. The smallest absolute Gasteiger partial charge is 0.267 e. The number of fused-ring (bicyclic) bond motifs is 2. The fraction of sp³-hybridized carbons (Fsp3) is 0.286. The molecule has 0 unspecified atom stereocenters. The molecule has 0 radical (unpaired) electrons. The molecular formula is C21H21N3O2S. The average molecular weight is 379 g/mol. The van der Waals surface area contributed by atoms with Crippen molar-refractivity contribution in [2.45, 2.75) is 26.8 Å². The van der Waals surface area contributed by atoms with Crippen molar-refractivity contribution in [1.29, 1.82) is 0 Å². The van der Waals surface area contributed by atoms with E-state index in [0.717, 1.165) is 16.8 Å². The van der Waals surface area contributed by atoms with Gasteiger partial charge in [-0.15, -0.1) is 11.3 Å². The minimum Gasteiger partial charge on any atom is -0.328 e. The first-order chi connectivity index (χ1) is 13.0. The molecule has 4 rings (SSSR count). The van der Waals surface area contributed by atoms with E-state index in [9.17, 15) is 9.59 Å². The Hall–Kier alpha value is -2.73. The Labute approximate surface area is 160 Å². The van der Waals surface area contributed by atoms with Crippen LogP contribution in [0.2, 0.25) is 0 Å². The Morgan fingerprint density at radius 1 is 1.11 bits per heavy atom. The number of thiophene rings is 1. The summed E-state index contributed by atoms with van der Waals surface area (Å²) in [4.78, 5) is 32.2. The van der Waals surface area contributed by atoms with Gasteiger partial charge in [0.15, 0.2) is 11.5 Å². The van der Waals surface area contributed by atoms with E-state index in [-0.39, 0.29) is 16.4 Å². The van der Waals surface area contributed by atoms with Gasteiger partial charge in [-0.05, 0) is 35.9 Å². The van der Waals surface area contributed by atoms with E-state index in [0.29, 0.717) is 29.3 Å². The van der Waals surface area contributed by atoms with E-state index < -0.39 is 0 Å². The van der Waals surface area contributed by atoms with Crippen molar-refractivity contribution < 1.29 is 0 Å². The van der Waals surface area contributed by atoms with Crippen LogP contribution in [0.3, 0.4) is 0 Å². The van der Waals surface area contributed by atoms with Crippen LogP contribution in [0.15, 0.2) is 51.4 Å². The summed E-state index contributed by atoms with van der Waals surface area (Å²) in [5, 5.41) is 2.68. The zero-order valence-electron chi connectivity index (χ0n) is 15.6. The van der Waals surface area contributed by atoms with Gasteiger partial charge >= 0.3 is 0 Å². The van der Waals surface area contributed by atoms with Crippen molar-refractivity contribution in [2.24, 2.45) is 13.0 Å². The topological polar surface area (TPSA) is 56.9 Å². The first kappa shape index (κ1) is 17.7. The summed E-state index contributed by atoms with van der Waals surface area (Å²) >= 11 is 1.55. The first-order valence-corrected chi connectivity index (χ1v) is 9.93. The van der Waals surface area contributed by atoms with Gasteiger partial charge in [-0.25, -0.2) is 4.98 Å². The van der Waals surface area contributed by atoms with Gasteiger partial charge in [0.25, 0.3) is 5.56 Å². The third-order valence-electron chi connectivity index (χ3n) is 4.88. The summed E-state index contributed by atoms with van der Waals surface area (Å²) in [6.45, 7) is 4.79. The molecule has 0 bridgehead atoms. The zero-order chi connectivity index (χ0) is 19.1. The Bertz CT molecular complexity index is 1250. The zero-order valence-corrected chi connectivity index (χ0v) is 16.4. The lowest BCUT2D eigenvalue weighted by atomic mass is 10.1. The second-order valence-electron chi connectivity index (χ2n) is 7.16. The van der Waals surface area contributed by atoms with Gasteiger partial charge in [-0.2, -0.15) is 0 Å². The van der Waals surface area contributed by atoms with Gasteiger partial charge in [0.1, 0.15) is 5.39 Å². The fourth-order valence-corrected chi connectivity index (χ4v) is 4.10. The molecule has 0 N–H and O–H groups in total. The van der Waals surface area contributed by atoms with Gasteiger partial charge in [0.05, 0.1) is 10.4 Å². The van der Waals surface area contributed by atoms with Crippen molar-refractivity contribution >= 4 is 33.3 Å². The molecule has 0 fully saturated rings. The molecular weight excluding hydrogens is 358 g/mol. The van der Waals surface area contributed by atoms with Gasteiger partial charge in [0.2, 0.25) is 5.43 Å². The minimum absolute atomic E-state index is 0.167. The molecule has 0 aliphatic rings. The molecule has 4 aromatic rings. The predicted octanol–water partition coefficient (Wildman–Crippen LogP) is 4.02.